The number of hydrogen-bond donors (Lipinski definition) is 1. The van der Waals surface area contributed by atoms with E-state index in [1.54, 1.807) is 6.26 Å². The highest BCUT2D eigenvalue weighted by atomic mass is 16.3. The normalized spacial score (nSPS) is 17.1. The Kier molecular flexibility index (Phi) is 3.92. The van der Waals surface area contributed by atoms with Crippen LogP contribution in [-0.4, -0.2) is 31.1 Å². The van der Waals surface area contributed by atoms with E-state index in [-0.39, 0.29) is 0 Å². The molecule has 0 amide bonds. The van der Waals surface area contributed by atoms with E-state index in [1.807, 2.05) is 24.3 Å². The van der Waals surface area contributed by atoms with Crippen LogP contribution in [0, 0.1) is 0 Å². The molecule has 4 heteroatoms. The van der Waals surface area contributed by atoms with Crippen molar-refractivity contribution >= 4 is 11.4 Å². The number of nitrogens with two attached hydrogens (primary N) is 1. The van der Waals surface area contributed by atoms with Gasteiger partial charge in [0.2, 0.25) is 0 Å². The van der Waals surface area contributed by atoms with Crippen molar-refractivity contribution in [3.8, 4) is 0 Å². The maximum atomic E-state index is 5.75. The van der Waals surface area contributed by atoms with Gasteiger partial charge in [0.15, 0.2) is 0 Å². The fraction of sp³-hybridized carbons (Fsp3) is 0.375. The number of benzene rings is 1. The Morgan fingerprint density at radius 2 is 1.85 bits per heavy atom. The van der Waals surface area contributed by atoms with E-state index in [0.29, 0.717) is 0 Å². The quantitative estimate of drug-likeness (QED) is 0.872. The molecule has 20 heavy (non-hydrogen) atoms. The van der Waals surface area contributed by atoms with E-state index in [2.05, 4.69) is 21.9 Å². The van der Waals surface area contributed by atoms with Gasteiger partial charge in [-0.05, 0) is 42.8 Å². The fourth-order valence-electron chi connectivity index (χ4n) is 2.70. The summed E-state index contributed by atoms with van der Waals surface area (Å²) >= 11 is 0. The first-order valence-electron chi connectivity index (χ1n) is 7.16. The minimum Gasteiger partial charge on any atom is -0.468 e. The van der Waals surface area contributed by atoms with Gasteiger partial charge in [0.25, 0.3) is 0 Å². The average molecular weight is 271 g/mol. The van der Waals surface area contributed by atoms with E-state index >= 15 is 0 Å². The lowest BCUT2D eigenvalue weighted by Gasteiger charge is -2.23. The van der Waals surface area contributed by atoms with Crippen molar-refractivity contribution in [2.75, 3.05) is 36.8 Å². The highest BCUT2D eigenvalue weighted by Crippen LogP contribution is 2.19. The zero-order valence-corrected chi connectivity index (χ0v) is 11.7. The summed E-state index contributed by atoms with van der Waals surface area (Å²) in [5.74, 6) is 1.05. The highest BCUT2D eigenvalue weighted by Gasteiger charge is 2.16. The molecule has 0 atom stereocenters. The molecule has 0 saturated carbocycles. The van der Waals surface area contributed by atoms with Gasteiger partial charge in [0, 0.05) is 37.6 Å². The summed E-state index contributed by atoms with van der Waals surface area (Å²) in [4.78, 5) is 4.89. The molecule has 1 aromatic heterocycles. The number of anilines is 2. The zero-order chi connectivity index (χ0) is 13.8. The van der Waals surface area contributed by atoms with Gasteiger partial charge < -0.3 is 15.1 Å². The summed E-state index contributed by atoms with van der Waals surface area (Å²) in [6.45, 7) is 5.23. The molecule has 1 aromatic carbocycles. The molecule has 1 saturated heterocycles. The number of nitrogen functional groups attached to an aromatic ring is 1. The van der Waals surface area contributed by atoms with Gasteiger partial charge in [-0.15, -0.1) is 0 Å². The summed E-state index contributed by atoms with van der Waals surface area (Å²) in [6, 6.07) is 12.2. The Morgan fingerprint density at radius 3 is 2.60 bits per heavy atom. The van der Waals surface area contributed by atoms with Crippen molar-refractivity contribution in [3.63, 3.8) is 0 Å². The van der Waals surface area contributed by atoms with Gasteiger partial charge in [0.05, 0.1) is 12.8 Å². The van der Waals surface area contributed by atoms with E-state index in [1.165, 1.54) is 12.1 Å². The van der Waals surface area contributed by atoms with Crippen LogP contribution < -0.4 is 10.6 Å². The molecule has 1 aliphatic heterocycles. The molecule has 0 bridgehead atoms. The molecule has 1 fully saturated rings. The van der Waals surface area contributed by atoms with E-state index in [4.69, 9.17) is 10.2 Å². The second-order valence-electron chi connectivity index (χ2n) is 5.29. The van der Waals surface area contributed by atoms with Crippen LogP contribution in [0.15, 0.2) is 47.1 Å². The van der Waals surface area contributed by atoms with Gasteiger partial charge in [-0.1, -0.05) is 0 Å². The number of nitrogens with zero attached hydrogens (tertiary/aromatic N) is 2. The molecule has 2 aromatic rings. The van der Waals surface area contributed by atoms with Crippen LogP contribution in [0.4, 0.5) is 11.4 Å². The van der Waals surface area contributed by atoms with Crippen molar-refractivity contribution in [2.24, 2.45) is 0 Å². The number of furan rings is 1. The first-order chi connectivity index (χ1) is 9.81. The lowest BCUT2D eigenvalue weighted by Crippen LogP contribution is -2.30. The van der Waals surface area contributed by atoms with Crippen LogP contribution in [0.3, 0.4) is 0 Å². The summed E-state index contributed by atoms with van der Waals surface area (Å²) in [5.41, 5.74) is 7.83. The molecule has 0 radical (unpaired) electrons. The largest absolute Gasteiger partial charge is 0.468 e. The van der Waals surface area contributed by atoms with Gasteiger partial charge in [-0.3, -0.25) is 4.90 Å². The minimum absolute atomic E-state index is 0.822. The molecule has 0 aliphatic carbocycles. The van der Waals surface area contributed by atoms with Crippen molar-refractivity contribution < 1.29 is 4.42 Å². The Balaban J connectivity index is 1.60. The second kappa shape index (κ2) is 6.01. The van der Waals surface area contributed by atoms with Gasteiger partial charge in [0.1, 0.15) is 5.76 Å². The van der Waals surface area contributed by atoms with Crippen molar-refractivity contribution in [3.05, 3.63) is 48.4 Å². The molecule has 0 spiro atoms. The lowest BCUT2D eigenvalue weighted by atomic mass is 10.2. The SMILES string of the molecule is Nc1ccc(N2CCCN(Cc3ccco3)CC2)cc1. The monoisotopic (exact) mass is 271 g/mol. The standard InChI is InChI=1S/C16H21N3O/c17-14-4-6-15(7-5-14)19-9-2-8-18(10-11-19)13-16-3-1-12-20-16/h1,3-7,12H,2,8-11,13,17H2. The van der Waals surface area contributed by atoms with Crippen LogP contribution in [0.2, 0.25) is 0 Å². The number of hydrogen-bond acceptors (Lipinski definition) is 4. The van der Waals surface area contributed by atoms with Crippen LogP contribution >= 0.6 is 0 Å². The first-order valence-corrected chi connectivity index (χ1v) is 7.16. The third-order valence-electron chi connectivity index (χ3n) is 3.81. The summed E-state index contributed by atoms with van der Waals surface area (Å²) < 4.78 is 5.43. The molecule has 4 nitrogen and oxygen atoms in total. The predicted octanol–water partition coefficient (Wildman–Crippen LogP) is 2.57. The molecule has 1 aliphatic rings. The van der Waals surface area contributed by atoms with Gasteiger partial charge in [-0.2, -0.15) is 0 Å². The smallest absolute Gasteiger partial charge is 0.117 e. The third kappa shape index (κ3) is 3.14. The van der Waals surface area contributed by atoms with Crippen LogP contribution in [0.1, 0.15) is 12.2 Å². The molecule has 2 heterocycles. The Labute approximate surface area is 119 Å². The Morgan fingerprint density at radius 1 is 1.00 bits per heavy atom. The Bertz CT molecular complexity index is 521. The molecule has 3 rings (SSSR count). The topological polar surface area (TPSA) is 45.6 Å². The van der Waals surface area contributed by atoms with Crippen LogP contribution in [0.5, 0.6) is 0 Å². The molecule has 2 N–H and O–H groups in total. The van der Waals surface area contributed by atoms with Crippen molar-refractivity contribution in [1.29, 1.82) is 0 Å². The van der Waals surface area contributed by atoms with E-state index < -0.39 is 0 Å². The molecular weight excluding hydrogens is 250 g/mol. The minimum atomic E-state index is 0.822. The Hall–Kier alpha value is -1.94. The van der Waals surface area contributed by atoms with Crippen LogP contribution in [0.25, 0.3) is 0 Å². The average Bonchev–Trinajstić information content (AvgIpc) is 2.85. The van der Waals surface area contributed by atoms with Crippen molar-refractivity contribution in [2.45, 2.75) is 13.0 Å². The third-order valence-corrected chi connectivity index (χ3v) is 3.81. The summed E-state index contributed by atoms with van der Waals surface area (Å²) in [5, 5.41) is 0. The van der Waals surface area contributed by atoms with Gasteiger partial charge in [-0.25, -0.2) is 0 Å². The maximum Gasteiger partial charge on any atom is 0.117 e. The van der Waals surface area contributed by atoms with E-state index in [9.17, 15) is 0 Å². The summed E-state index contributed by atoms with van der Waals surface area (Å²) in [7, 11) is 0. The fourth-order valence-corrected chi connectivity index (χ4v) is 2.70. The molecule has 0 unspecified atom stereocenters. The molecule has 106 valence electrons. The predicted molar refractivity (Wildman–Crippen MR) is 81.7 cm³/mol. The lowest BCUT2D eigenvalue weighted by molar-refractivity contribution is 0.260. The second-order valence-corrected chi connectivity index (χ2v) is 5.29. The first kappa shape index (κ1) is 13.1. The number of rotatable bonds is 3. The maximum absolute atomic E-state index is 5.75. The van der Waals surface area contributed by atoms with Crippen LogP contribution in [-0.2, 0) is 6.54 Å². The summed E-state index contributed by atoms with van der Waals surface area (Å²) in [6.07, 6.45) is 2.92. The molecular formula is C16H21N3O. The van der Waals surface area contributed by atoms with Crippen molar-refractivity contribution in [1.82, 2.24) is 4.90 Å². The highest BCUT2D eigenvalue weighted by molar-refractivity contribution is 5.53. The van der Waals surface area contributed by atoms with E-state index in [0.717, 1.165) is 44.2 Å². The van der Waals surface area contributed by atoms with Gasteiger partial charge >= 0.3 is 0 Å². The zero-order valence-electron chi connectivity index (χ0n) is 11.7.